The third-order valence-corrected chi connectivity index (χ3v) is 2.97. The molecule has 18 heavy (non-hydrogen) atoms. The van der Waals surface area contributed by atoms with Gasteiger partial charge in [-0.2, -0.15) is 13.2 Å². The van der Waals surface area contributed by atoms with Crippen LogP contribution in [-0.4, -0.2) is 36.0 Å². The highest BCUT2D eigenvalue weighted by Gasteiger charge is 2.28. The summed E-state index contributed by atoms with van der Waals surface area (Å²) in [6.45, 7) is 4.85. The van der Waals surface area contributed by atoms with Gasteiger partial charge in [0.1, 0.15) is 0 Å². The fourth-order valence-corrected chi connectivity index (χ4v) is 1.25. The highest BCUT2D eigenvalue weighted by molar-refractivity contribution is 5.73. The van der Waals surface area contributed by atoms with Crippen molar-refractivity contribution in [3.8, 4) is 0 Å². The molecule has 0 aliphatic carbocycles. The first kappa shape index (κ1) is 17.0. The summed E-state index contributed by atoms with van der Waals surface area (Å²) >= 11 is 0. The van der Waals surface area contributed by atoms with Crippen LogP contribution in [0.1, 0.15) is 33.6 Å². The Hall–Kier alpha value is -0.980. The molecule has 2 unspecified atom stereocenters. The number of carbonyl (C=O) groups is 1. The summed E-state index contributed by atoms with van der Waals surface area (Å²) < 4.78 is 35.5. The summed E-state index contributed by atoms with van der Waals surface area (Å²) in [6.07, 6.45) is -4.61. The number of halogens is 3. The molecular formula is C11H21F3N2O2. The Morgan fingerprint density at radius 2 is 1.89 bits per heavy atom. The molecule has 0 aliphatic heterocycles. The van der Waals surface area contributed by atoms with Gasteiger partial charge >= 0.3 is 12.2 Å². The molecule has 0 fully saturated rings. The molecule has 3 N–H and O–H groups in total. The van der Waals surface area contributed by atoms with Gasteiger partial charge in [-0.1, -0.05) is 20.3 Å². The van der Waals surface area contributed by atoms with E-state index in [1.807, 2.05) is 13.8 Å². The average Bonchev–Trinajstić information content (AvgIpc) is 2.23. The third kappa shape index (κ3) is 7.37. The lowest BCUT2D eigenvalue weighted by Crippen LogP contribution is -2.48. The van der Waals surface area contributed by atoms with Crippen molar-refractivity contribution in [2.75, 3.05) is 13.1 Å². The molecular weight excluding hydrogens is 249 g/mol. The van der Waals surface area contributed by atoms with Gasteiger partial charge in [-0.15, -0.1) is 0 Å². The number of urea groups is 1. The number of hydrogen-bond acceptors (Lipinski definition) is 2. The summed E-state index contributed by atoms with van der Waals surface area (Å²) in [5.41, 5.74) is -1.07. The number of amides is 2. The number of hydrogen-bond donors (Lipinski definition) is 3. The van der Waals surface area contributed by atoms with Crippen LogP contribution in [0.2, 0.25) is 0 Å². The Kier molecular flexibility index (Phi) is 6.45. The molecule has 0 saturated carbocycles. The van der Waals surface area contributed by atoms with E-state index >= 15 is 0 Å². The van der Waals surface area contributed by atoms with Gasteiger partial charge in [-0.05, 0) is 12.8 Å². The van der Waals surface area contributed by atoms with E-state index in [9.17, 15) is 23.1 Å². The number of rotatable bonds is 6. The van der Waals surface area contributed by atoms with E-state index in [0.717, 1.165) is 6.42 Å². The normalized spacial score (nSPS) is 16.8. The van der Waals surface area contributed by atoms with Crippen molar-refractivity contribution in [2.24, 2.45) is 5.92 Å². The van der Waals surface area contributed by atoms with Crippen LogP contribution < -0.4 is 10.6 Å². The fraction of sp³-hybridized carbons (Fsp3) is 0.909. The van der Waals surface area contributed by atoms with Crippen molar-refractivity contribution in [2.45, 2.75) is 45.4 Å². The molecule has 0 aliphatic rings. The first-order valence-corrected chi connectivity index (χ1v) is 5.89. The second-order valence-corrected chi connectivity index (χ2v) is 4.64. The molecule has 0 rings (SSSR count). The number of nitrogens with one attached hydrogen (secondary N) is 2. The van der Waals surface area contributed by atoms with Crippen LogP contribution in [0.15, 0.2) is 0 Å². The molecule has 2 amide bonds. The van der Waals surface area contributed by atoms with Gasteiger partial charge in [0.2, 0.25) is 0 Å². The number of aliphatic hydroxyl groups is 1. The molecule has 0 heterocycles. The predicted molar refractivity (Wildman–Crippen MR) is 62.2 cm³/mol. The smallest absolute Gasteiger partial charge is 0.388 e. The van der Waals surface area contributed by atoms with Gasteiger partial charge in [0, 0.05) is 13.1 Å². The van der Waals surface area contributed by atoms with Crippen molar-refractivity contribution in [3.05, 3.63) is 0 Å². The van der Waals surface area contributed by atoms with Crippen LogP contribution in [0.4, 0.5) is 18.0 Å². The summed E-state index contributed by atoms with van der Waals surface area (Å²) in [6, 6.07) is -0.706. The average molecular weight is 270 g/mol. The van der Waals surface area contributed by atoms with Gasteiger partial charge in [0.25, 0.3) is 0 Å². The quantitative estimate of drug-likeness (QED) is 0.691. The molecule has 0 saturated heterocycles. The van der Waals surface area contributed by atoms with Crippen LogP contribution in [0.3, 0.4) is 0 Å². The lowest BCUT2D eigenvalue weighted by Gasteiger charge is -2.29. The molecule has 0 radical (unpaired) electrons. The highest BCUT2D eigenvalue weighted by Crippen LogP contribution is 2.19. The molecule has 0 aromatic carbocycles. The lowest BCUT2D eigenvalue weighted by atomic mass is 9.89. The zero-order valence-electron chi connectivity index (χ0n) is 10.9. The Morgan fingerprint density at radius 3 is 2.33 bits per heavy atom. The summed E-state index contributed by atoms with van der Waals surface area (Å²) in [5, 5.41) is 14.4. The zero-order valence-corrected chi connectivity index (χ0v) is 10.9. The number of alkyl halides is 3. The van der Waals surface area contributed by atoms with Crippen molar-refractivity contribution >= 4 is 6.03 Å². The maximum atomic E-state index is 11.8. The van der Waals surface area contributed by atoms with Gasteiger partial charge < -0.3 is 15.7 Å². The number of carbonyl (C=O) groups excluding carboxylic acids is 1. The van der Waals surface area contributed by atoms with Crippen molar-refractivity contribution in [1.82, 2.24) is 10.6 Å². The molecule has 0 aromatic heterocycles. The molecule has 0 spiro atoms. The van der Waals surface area contributed by atoms with E-state index in [1.165, 1.54) is 0 Å². The second kappa shape index (κ2) is 6.82. The topological polar surface area (TPSA) is 61.4 Å². The van der Waals surface area contributed by atoms with E-state index in [1.54, 1.807) is 6.92 Å². The summed E-state index contributed by atoms with van der Waals surface area (Å²) in [7, 11) is 0. The minimum Gasteiger partial charge on any atom is -0.388 e. The van der Waals surface area contributed by atoms with E-state index in [2.05, 4.69) is 10.6 Å². The predicted octanol–water partition coefficient (Wildman–Crippen LogP) is 2.04. The van der Waals surface area contributed by atoms with Gasteiger partial charge in [-0.25, -0.2) is 4.79 Å². The molecule has 0 aromatic rings. The van der Waals surface area contributed by atoms with Gasteiger partial charge in [0.15, 0.2) is 0 Å². The van der Waals surface area contributed by atoms with Crippen LogP contribution >= 0.6 is 0 Å². The molecule has 7 heteroatoms. The minimum absolute atomic E-state index is 0.000141. The first-order chi connectivity index (χ1) is 8.08. The largest absolute Gasteiger partial charge is 0.390 e. The van der Waals surface area contributed by atoms with Crippen molar-refractivity contribution in [1.29, 1.82) is 0 Å². The fourth-order valence-electron chi connectivity index (χ4n) is 1.25. The Bertz CT molecular complexity index is 268. The second-order valence-electron chi connectivity index (χ2n) is 4.64. The SMILES string of the molecule is CCC(C)C(C)(O)CNC(=O)NCCC(F)(F)F. The van der Waals surface area contributed by atoms with Crippen LogP contribution in [0.5, 0.6) is 0 Å². The Balaban J connectivity index is 3.90. The van der Waals surface area contributed by atoms with E-state index < -0.39 is 30.8 Å². The van der Waals surface area contributed by atoms with E-state index in [4.69, 9.17) is 0 Å². The van der Waals surface area contributed by atoms with Crippen LogP contribution in [0, 0.1) is 5.92 Å². The molecule has 4 nitrogen and oxygen atoms in total. The Morgan fingerprint density at radius 1 is 1.33 bits per heavy atom. The zero-order chi connectivity index (χ0) is 14.4. The maximum absolute atomic E-state index is 11.8. The lowest BCUT2D eigenvalue weighted by molar-refractivity contribution is -0.132. The van der Waals surface area contributed by atoms with Gasteiger partial charge in [0.05, 0.1) is 12.0 Å². The van der Waals surface area contributed by atoms with Crippen LogP contribution in [0.25, 0.3) is 0 Å². The highest BCUT2D eigenvalue weighted by atomic mass is 19.4. The summed E-state index contributed by atoms with van der Waals surface area (Å²) in [5.74, 6) is -0.0204. The minimum atomic E-state index is -4.28. The first-order valence-electron chi connectivity index (χ1n) is 5.89. The van der Waals surface area contributed by atoms with E-state index in [-0.39, 0.29) is 12.5 Å². The molecule has 2 atom stereocenters. The third-order valence-electron chi connectivity index (χ3n) is 2.97. The Labute approximate surface area is 105 Å². The summed E-state index contributed by atoms with van der Waals surface area (Å²) in [4.78, 5) is 11.2. The van der Waals surface area contributed by atoms with E-state index in [0.29, 0.717) is 0 Å². The van der Waals surface area contributed by atoms with Crippen molar-refractivity contribution in [3.63, 3.8) is 0 Å². The van der Waals surface area contributed by atoms with Crippen LogP contribution in [-0.2, 0) is 0 Å². The maximum Gasteiger partial charge on any atom is 0.390 e. The molecule has 0 bridgehead atoms. The van der Waals surface area contributed by atoms with Gasteiger partial charge in [-0.3, -0.25) is 0 Å². The molecule has 108 valence electrons. The monoisotopic (exact) mass is 270 g/mol. The van der Waals surface area contributed by atoms with Crippen molar-refractivity contribution < 1.29 is 23.1 Å². The standard InChI is InChI=1S/C11H21F3N2O2/c1-4-8(2)10(3,18)7-16-9(17)15-6-5-11(12,13)14/h8,18H,4-7H2,1-3H3,(H2,15,16,17).